The van der Waals surface area contributed by atoms with E-state index in [0.29, 0.717) is 10.8 Å². The fourth-order valence-electron chi connectivity index (χ4n) is 1.68. The van der Waals surface area contributed by atoms with Gasteiger partial charge in [0, 0.05) is 12.3 Å². The number of nitrogens with one attached hydrogen (secondary N) is 1. The molecule has 0 aliphatic rings. The highest BCUT2D eigenvalue weighted by Crippen LogP contribution is 2.21. The van der Waals surface area contributed by atoms with E-state index in [9.17, 15) is 14.5 Å². The highest BCUT2D eigenvalue weighted by molar-refractivity contribution is 5.90. The molecule has 1 heterocycles. The number of guanidine groups is 1. The van der Waals surface area contributed by atoms with Crippen molar-refractivity contribution in [3.05, 3.63) is 52.3 Å². The van der Waals surface area contributed by atoms with E-state index in [1.807, 2.05) is 0 Å². The van der Waals surface area contributed by atoms with Crippen LogP contribution in [0.4, 0.5) is 10.1 Å². The Morgan fingerprint density at radius 1 is 1.62 bits per heavy atom. The van der Waals surface area contributed by atoms with Gasteiger partial charge in [0.1, 0.15) is 5.82 Å². The Bertz CT molecular complexity index is 701. The van der Waals surface area contributed by atoms with Crippen molar-refractivity contribution in [2.45, 2.75) is 6.92 Å². The van der Waals surface area contributed by atoms with Crippen LogP contribution in [0.3, 0.4) is 0 Å². The molecule has 3 N–H and O–H groups in total. The van der Waals surface area contributed by atoms with Gasteiger partial charge in [-0.15, -0.1) is 15.2 Å². The molecule has 0 atom stereocenters. The predicted molar refractivity (Wildman–Crippen MR) is 70.7 cm³/mol. The van der Waals surface area contributed by atoms with Gasteiger partial charge in [-0.2, -0.15) is 4.94 Å². The molecule has 2 aromatic rings. The van der Waals surface area contributed by atoms with Gasteiger partial charge >= 0.3 is 5.09 Å². The molecular weight excluding hydrogens is 283 g/mol. The third kappa shape index (κ3) is 3.05. The highest BCUT2D eigenvalue weighted by atomic mass is 19.1. The SMILES string of the molecule is Cc1cn(-c2ccc(N(O[N+](=O)[O-])C(=N)N)cc2F)cn1. The zero-order valence-corrected chi connectivity index (χ0v) is 10.9. The average molecular weight is 294 g/mol. The summed E-state index contributed by atoms with van der Waals surface area (Å²) < 4.78 is 15.6. The maximum absolute atomic E-state index is 14.1. The van der Waals surface area contributed by atoms with Gasteiger partial charge in [-0.05, 0) is 19.1 Å². The molecule has 0 saturated carbocycles. The summed E-state index contributed by atoms with van der Waals surface area (Å²) in [6, 6.07) is 3.67. The first-order valence-electron chi connectivity index (χ1n) is 5.65. The van der Waals surface area contributed by atoms with Crippen LogP contribution in [0, 0.1) is 28.3 Å². The molecule has 0 aliphatic heterocycles. The van der Waals surface area contributed by atoms with Crippen LogP contribution in [0.15, 0.2) is 30.7 Å². The molecular formula is C11H11FN6O3. The normalized spacial score (nSPS) is 10.2. The Kier molecular flexibility index (Phi) is 3.69. The Hall–Kier alpha value is -3.17. The van der Waals surface area contributed by atoms with E-state index in [2.05, 4.69) is 9.92 Å². The molecule has 2 rings (SSSR count). The number of nitrogens with zero attached hydrogens (tertiary/aromatic N) is 4. The summed E-state index contributed by atoms with van der Waals surface area (Å²) in [6.45, 7) is 1.76. The lowest BCUT2D eigenvalue weighted by Crippen LogP contribution is -2.38. The van der Waals surface area contributed by atoms with Crippen LogP contribution in [0.2, 0.25) is 0 Å². The molecule has 21 heavy (non-hydrogen) atoms. The number of benzene rings is 1. The van der Waals surface area contributed by atoms with Crippen molar-refractivity contribution in [1.82, 2.24) is 9.55 Å². The van der Waals surface area contributed by atoms with Crippen LogP contribution < -0.4 is 10.8 Å². The molecule has 0 saturated heterocycles. The standard InChI is InChI=1S/C11H11FN6O3/c1-7-5-16(6-15-7)10-3-2-8(4-9(10)12)17(11(13)14)21-18(19)20/h2-6H,1H3,(H3,13,14). The van der Waals surface area contributed by atoms with Gasteiger partial charge in [-0.3, -0.25) is 5.41 Å². The van der Waals surface area contributed by atoms with Crippen molar-refractivity contribution in [2.24, 2.45) is 5.73 Å². The zero-order valence-electron chi connectivity index (χ0n) is 10.9. The van der Waals surface area contributed by atoms with Crippen LogP contribution >= 0.6 is 0 Å². The lowest BCUT2D eigenvalue weighted by molar-refractivity contribution is -0.758. The molecule has 1 aromatic carbocycles. The minimum absolute atomic E-state index is 0.0858. The Morgan fingerprint density at radius 2 is 2.33 bits per heavy atom. The molecule has 0 fully saturated rings. The first-order chi connectivity index (χ1) is 9.88. The van der Waals surface area contributed by atoms with Crippen molar-refractivity contribution in [2.75, 3.05) is 5.06 Å². The van der Waals surface area contributed by atoms with E-state index >= 15 is 0 Å². The number of hydroxylamine groups is 1. The number of anilines is 1. The van der Waals surface area contributed by atoms with E-state index in [1.54, 1.807) is 13.1 Å². The van der Waals surface area contributed by atoms with E-state index < -0.39 is 16.9 Å². The molecule has 0 unspecified atom stereocenters. The molecule has 10 heteroatoms. The second kappa shape index (κ2) is 5.45. The smallest absolute Gasteiger partial charge is 0.317 e. The Labute approximate surface area is 117 Å². The number of imidazole rings is 1. The van der Waals surface area contributed by atoms with Gasteiger partial charge in [0.25, 0.3) is 0 Å². The lowest BCUT2D eigenvalue weighted by atomic mass is 10.2. The van der Waals surface area contributed by atoms with Crippen LogP contribution in [-0.2, 0) is 4.94 Å². The molecule has 9 nitrogen and oxygen atoms in total. The van der Waals surface area contributed by atoms with Crippen molar-refractivity contribution >= 4 is 11.6 Å². The van der Waals surface area contributed by atoms with E-state index in [1.165, 1.54) is 23.0 Å². The number of aromatic nitrogens is 2. The van der Waals surface area contributed by atoms with Crippen molar-refractivity contribution in [3.63, 3.8) is 0 Å². The van der Waals surface area contributed by atoms with Gasteiger partial charge in [-0.25, -0.2) is 9.37 Å². The number of hydrogen-bond donors (Lipinski definition) is 2. The van der Waals surface area contributed by atoms with E-state index in [-0.39, 0.29) is 11.4 Å². The van der Waals surface area contributed by atoms with Gasteiger partial charge in [-0.1, -0.05) is 0 Å². The summed E-state index contributed by atoms with van der Waals surface area (Å²) >= 11 is 0. The van der Waals surface area contributed by atoms with Gasteiger partial charge in [0.2, 0.25) is 5.96 Å². The van der Waals surface area contributed by atoms with Crippen LogP contribution in [-0.4, -0.2) is 20.6 Å². The second-order valence-electron chi connectivity index (χ2n) is 4.04. The number of nitrogens with two attached hydrogens (primary N) is 1. The van der Waals surface area contributed by atoms with E-state index in [4.69, 9.17) is 11.1 Å². The zero-order chi connectivity index (χ0) is 15.6. The summed E-state index contributed by atoms with van der Waals surface area (Å²) in [5.41, 5.74) is 5.98. The lowest BCUT2D eigenvalue weighted by Gasteiger charge is -2.18. The topological polar surface area (TPSA) is 123 Å². The number of aryl methyl sites for hydroxylation is 1. The summed E-state index contributed by atoms with van der Waals surface area (Å²) in [4.78, 5) is 18.4. The van der Waals surface area contributed by atoms with Gasteiger partial charge < -0.3 is 10.3 Å². The van der Waals surface area contributed by atoms with Crippen LogP contribution in [0.5, 0.6) is 0 Å². The molecule has 0 radical (unpaired) electrons. The quantitative estimate of drug-likeness (QED) is 0.377. The predicted octanol–water partition coefficient (Wildman–Crippen LogP) is 1.14. The van der Waals surface area contributed by atoms with Gasteiger partial charge in [0.15, 0.2) is 0 Å². The van der Waals surface area contributed by atoms with Crippen molar-refractivity contribution in [3.8, 4) is 5.69 Å². The minimum atomic E-state index is -1.15. The molecule has 0 aliphatic carbocycles. The summed E-state index contributed by atoms with van der Waals surface area (Å²) in [5, 5.41) is 16.8. The maximum atomic E-state index is 14.1. The van der Waals surface area contributed by atoms with Crippen LogP contribution in [0.1, 0.15) is 5.69 Å². The number of rotatable bonds is 4. The Balaban J connectivity index is 2.37. The van der Waals surface area contributed by atoms with Crippen molar-refractivity contribution in [1.29, 1.82) is 5.41 Å². The van der Waals surface area contributed by atoms with Gasteiger partial charge in [0.05, 0.1) is 23.4 Å². The highest BCUT2D eigenvalue weighted by Gasteiger charge is 2.17. The fourth-order valence-corrected chi connectivity index (χ4v) is 1.68. The first-order valence-corrected chi connectivity index (χ1v) is 5.65. The third-order valence-corrected chi connectivity index (χ3v) is 2.52. The van der Waals surface area contributed by atoms with Crippen LogP contribution in [0.25, 0.3) is 5.69 Å². The van der Waals surface area contributed by atoms with Crippen molar-refractivity contribution < 1.29 is 14.4 Å². The summed E-state index contributed by atoms with van der Waals surface area (Å²) in [7, 11) is 0. The fraction of sp³-hybridized carbons (Fsp3) is 0.0909. The molecule has 0 amide bonds. The number of halogens is 1. The monoisotopic (exact) mass is 294 g/mol. The second-order valence-corrected chi connectivity index (χ2v) is 4.04. The summed E-state index contributed by atoms with van der Waals surface area (Å²) in [6.07, 6.45) is 3.05. The Morgan fingerprint density at radius 3 is 2.81 bits per heavy atom. The maximum Gasteiger partial charge on any atom is 0.317 e. The molecule has 0 spiro atoms. The molecule has 0 bridgehead atoms. The first kappa shape index (κ1) is 14.2. The third-order valence-electron chi connectivity index (χ3n) is 2.52. The summed E-state index contributed by atoms with van der Waals surface area (Å²) in [5.74, 6) is -1.43. The largest absolute Gasteiger partial charge is 0.368 e. The van der Waals surface area contributed by atoms with E-state index in [0.717, 1.165) is 6.07 Å². The minimum Gasteiger partial charge on any atom is -0.368 e. The molecule has 1 aromatic heterocycles. The molecule has 110 valence electrons. The number of hydrogen-bond acceptors (Lipinski definition) is 5. The average Bonchev–Trinajstić information content (AvgIpc) is 2.81.